The summed E-state index contributed by atoms with van der Waals surface area (Å²) in [5.74, 6) is 2.08. The van der Waals surface area contributed by atoms with Crippen molar-refractivity contribution >= 4 is 0 Å². The number of aliphatic hydroxyl groups excluding tert-OH is 1. The molecule has 0 aromatic heterocycles. The lowest BCUT2D eigenvalue weighted by molar-refractivity contribution is 0.0659. The first kappa shape index (κ1) is 22.1. The van der Waals surface area contributed by atoms with Crippen molar-refractivity contribution in [1.29, 1.82) is 0 Å². The standard InChI is InChI=1S/C26H44O2/c1-19-10-11-20(18-24(19)27)12-13-21-8-7-17-26(4)22(14-15-23(21)26)9-5-6-16-25(2,3)28/h12-13,19,22-24,27-28H,5-11,14-18H2,1-4H3/b20-12-,21-13+. The Labute approximate surface area is 173 Å². The van der Waals surface area contributed by atoms with Gasteiger partial charge in [0.15, 0.2) is 0 Å². The van der Waals surface area contributed by atoms with Crippen LogP contribution in [0.4, 0.5) is 0 Å². The zero-order valence-corrected chi connectivity index (χ0v) is 18.8. The third-order valence-corrected chi connectivity index (χ3v) is 8.33. The summed E-state index contributed by atoms with van der Waals surface area (Å²) in [5.41, 5.74) is 3.11. The molecule has 5 atom stereocenters. The highest BCUT2D eigenvalue weighted by Crippen LogP contribution is 2.58. The van der Waals surface area contributed by atoms with Crippen LogP contribution in [0, 0.1) is 23.2 Å². The molecule has 3 fully saturated rings. The summed E-state index contributed by atoms with van der Waals surface area (Å²) >= 11 is 0. The van der Waals surface area contributed by atoms with Crippen LogP contribution in [0.3, 0.4) is 0 Å². The fourth-order valence-electron chi connectivity index (χ4n) is 6.32. The minimum Gasteiger partial charge on any atom is -0.393 e. The van der Waals surface area contributed by atoms with Gasteiger partial charge < -0.3 is 10.2 Å². The van der Waals surface area contributed by atoms with Crippen LogP contribution in [0.5, 0.6) is 0 Å². The van der Waals surface area contributed by atoms with Gasteiger partial charge in [0.05, 0.1) is 11.7 Å². The highest BCUT2D eigenvalue weighted by Gasteiger charge is 2.48. The van der Waals surface area contributed by atoms with Crippen molar-refractivity contribution in [3.8, 4) is 0 Å². The average molecular weight is 389 g/mol. The lowest BCUT2D eigenvalue weighted by Gasteiger charge is -2.42. The van der Waals surface area contributed by atoms with E-state index in [1.165, 1.54) is 50.5 Å². The molecule has 2 nitrogen and oxygen atoms in total. The summed E-state index contributed by atoms with van der Waals surface area (Å²) in [6.07, 6.45) is 19.2. The summed E-state index contributed by atoms with van der Waals surface area (Å²) in [7, 11) is 0. The van der Waals surface area contributed by atoms with Crippen molar-refractivity contribution in [2.75, 3.05) is 0 Å². The molecule has 160 valence electrons. The summed E-state index contributed by atoms with van der Waals surface area (Å²) in [6.45, 7) is 8.60. The molecule has 0 aliphatic heterocycles. The number of aliphatic hydroxyl groups is 2. The Balaban J connectivity index is 1.60. The molecule has 0 heterocycles. The smallest absolute Gasteiger partial charge is 0.0603 e. The summed E-state index contributed by atoms with van der Waals surface area (Å²) < 4.78 is 0. The number of fused-ring (bicyclic) bond motifs is 1. The monoisotopic (exact) mass is 388 g/mol. The molecule has 0 aromatic rings. The minimum absolute atomic E-state index is 0.144. The first-order chi connectivity index (χ1) is 13.2. The first-order valence-electron chi connectivity index (χ1n) is 12.0. The highest BCUT2D eigenvalue weighted by molar-refractivity contribution is 5.25. The van der Waals surface area contributed by atoms with Crippen molar-refractivity contribution < 1.29 is 10.2 Å². The molecule has 0 radical (unpaired) electrons. The Bertz CT molecular complexity index is 582. The largest absolute Gasteiger partial charge is 0.393 e. The third kappa shape index (κ3) is 5.30. The molecule has 3 rings (SSSR count). The van der Waals surface area contributed by atoms with Crippen LogP contribution < -0.4 is 0 Å². The van der Waals surface area contributed by atoms with Crippen molar-refractivity contribution in [2.45, 2.75) is 116 Å². The number of hydrogen-bond donors (Lipinski definition) is 2. The molecule has 2 N–H and O–H groups in total. The van der Waals surface area contributed by atoms with E-state index in [1.54, 1.807) is 5.57 Å². The zero-order chi connectivity index (χ0) is 20.4. The average Bonchev–Trinajstić information content (AvgIpc) is 2.96. The van der Waals surface area contributed by atoms with E-state index in [2.05, 4.69) is 26.0 Å². The van der Waals surface area contributed by atoms with Crippen molar-refractivity contribution in [1.82, 2.24) is 0 Å². The Morgan fingerprint density at radius 2 is 1.89 bits per heavy atom. The number of allylic oxidation sites excluding steroid dienone is 3. The van der Waals surface area contributed by atoms with Crippen LogP contribution in [-0.2, 0) is 0 Å². The second kappa shape index (κ2) is 9.04. The van der Waals surface area contributed by atoms with Gasteiger partial charge in [-0.2, -0.15) is 0 Å². The SMILES string of the molecule is CC1CC/C(=C/C=C2\CCCC3(C)C(CCCCC(C)(C)O)CCC23)CC1O. The van der Waals surface area contributed by atoms with Crippen LogP contribution in [-0.4, -0.2) is 21.9 Å². The van der Waals surface area contributed by atoms with Crippen molar-refractivity contribution in [2.24, 2.45) is 23.2 Å². The van der Waals surface area contributed by atoms with Crippen molar-refractivity contribution in [3.63, 3.8) is 0 Å². The lowest BCUT2D eigenvalue weighted by Crippen LogP contribution is -2.33. The van der Waals surface area contributed by atoms with Gasteiger partial charge in [-0.3, -0.25) is 0 Å². The fraction of sp³-hybridized carbons (Fsp3) is 0.846. The second-order valence-electron chi connectivity index (χ2n) is 11.1. The van der Waals surface area contributed by atoms with Crippen LogP contribution >= 0.6 is 0 Å². The highest BCUT2D eigenvalue weighted by atomic mass is 16.3. The number of unbranched alkanes of at least 4 members (excludes halogenated alkanes) is 1. The summed E-state index contributed by atoms with van der Waals surface area (Å²) in [4.78, 5) is 0. The second-order valence-corrected chi connectivity index (χ2v) is 11.1. The topological polar surface area (TPSA) is 40.5 Å². The van der Waals surface area contributed by atoms with Crippen LogP contribution in [0.25, 0.3) is 0 Å². The van der Waals surface area contributed by atoms with E-state index in [9.17, 15) is 10.2 Å². The van der Waals surface area contributed by atoms with Gasteiger partial charge in [-0.15, -0.1) is 0 Å². The van der Waals surface area contributed by atoms with Gasteiger partial charge in [0.25, 0.3) is 0 Å². The maximum absolute atomic E-state index is 10.2. The van der Waals surface area contributed by atoms with E-state index in [1.807, 2.05) is 13.8 Å². The number of hydrogen-bond acceptors (Lipinski definition) is 2. The lowest BCUT2D eigenvalue weighted by atomic mass is 9.62. The molecule has 2 heteroatoms. The first-order valence-corrected chi connectivity index (χ1v) is 12.0. The fourth-order valence-corrected chi connectivity index (χ4v) is 6.32. The third-order valence-electron chi connectivity index (χ3n) is 8.33. The van der Waals surface area contributed by atoms with Crippen LogP contribution in [0.1, 0.15) is 105 Å². The summed E-state index contributed by atoms with van der Waals surface area (Å²) in [6, 6.07) is 0. The molecule has 5 unspecified atom stereocenters. The zero-order valence-electron chi connectivity index (χ0n) is 18.8. The predicted octanol–water partition coefficient (Wildman–Crippen LogP) is 6.57. The molecular weight excluding hydrogens is 344 g/mol. The quantitative estimate of drug-likeness (QED) is 0.505. The molecule has 0 bridgehead atoms. The Hall–Kier alpha value is -0.600. The molecule has 0 spiro atoms. The van der Waals surface area contributed by atoms with E-state index in [0.717, 1.165) is 43.9 Å². The molecule has 28 heavy (non-hydrogen) atoms. The van der Waals surface area contributed by atoms with Gasteiger partial charge in [0.2, 0.25) is 0 Å². The molecule has 3 aliphatic carbocycles. The maximum atomic E-state index is 10.2. The van der Waals surface area contributed by atoms with E-state index in [4.69, 9.17) is 0 Å². The van der Waals surface area contributed by atoms with Gasteiger partial charge in [-0.25, -0.2) is 0 Å². The summed E-state index contributed by atoms with van der Waals surface area (Å²) in [5, 5.41) is 20.1. The Kier molecular flexibility index (Phi) is 7.14. The molecule has 0 amide bonds. The Morgan fingerprint density at radius 1 is 1.11 bits per heavy atom. The Morgan fingerprint density at radius 3 is 2.61 bits per heavy atom. The molecule has 3 aliphatic rings. The van der Waals surface area contributed by atoms with Gasteiger partial charge >= 0.3 is 0 Å². The maximum Gasteiger partial charge on any atom is 0.0603 e. The number of rotatable bonds is 6. The molecule has 0 aromatic carbocycles. The van der Waals surface area contributed by atoms with Gasteiger partial charge in [0, 0.05) is 0 Å². The molecule has 3 saturated carbocycles. The van der Waals surface area contributed by atoms with Gasteiger partial charge in [-0.05, 0) is 101 Å². The van der Waals surface area contributed by atoms with Gasteiger partial charge in [-0.1, -0.05) is 50.0 Å². The van der Waals surface area contributed by atoms with E-state index in [-0.39, 0.29) is 6.10 Å². The predicted molar refractivity (Wildman–Crippen MR) is 118 cm³/mol. The van der Waals surface area contributed by atoms with Gasteiger partial charge in [0.1, 0.15) is 0 Å². The van der Waals surface area contributed by atoms with E-state index in [0.29, 0.717) is 11.3 Å². The molecular formula is C26H44O2. The van der Waals surface area contributed by atoms with Crippen LogP contribution in [0.2, 0.25) is 0 Å². The van der Waals surface area contributed by atoms with Crippen LogP contribution in [0.15, 0.2) is 23.3 Å². The minimum atomic E-state index is -0.513. The normalized spacial score (nSPS) is 39.5. The van der Waals surface area contributed by atoms with E-state index < -0.39 is 5.60 Å². The van der Waals surface area contributed by atoms with E-state index >= 15 is 0 Å². The van der Waals surface area contributed by atoms with Crippen molar-refractivity contribution in [3.05, 3.63) is 23.3 Å². The molecule has 0 saturated heterocycles.